The molecule has 21 heavy (non-hydrogen) atoms. The van der Waals surface area contributed by atoms with Crippen LogP contribution in [-0.4, -0.2) is 15.0 Å². The molecule has 0 unspecified atom stereocenters. The van der Waals surface area contributed by atoms with Gasteiger partial charge in [-0.25, -0.2) is 13.1 Å². The first-order chi connectivity index (χ1) is 9.73. The molecule has 0 spiro atoms. The van der Waals surface area contributed by atoms with Gasteiger partial charge in [0.1, 0.15) is 0 Å². The molecule has 0 atom stereocenters. The second-order valence-electron chi connectivity index (χ2n) is 6.34. The summed E-state index contributed by atoms with van der Waals surface area (Å²) in [6, 6.07) is 3.02. The van der Waals surface area contributed by atoms with Crippen LogP contribution in [0.25, 0.3) is 0 Å². The lowest BCUT2D eigenvalue weighted by atomic mass is 9.76. The van der Waals surface area contributed by atoms with Gasteiger partial charge in [-0.15, -0.1) is 0 Å². The van der Waals surface area contributed by atoms with Gasteiger partial charge in [0.2, 0.25) is 10.0 Å². The van der Waals surface area contributed by atoms with E-state index in [1.165, 1.54) is 25.3 Å². The van der Waals surface area contributed by atoms with Crippen LogP contribution in [-0.2, 0) is 10.0 Å². The van der Waals surface area contributed by atoms with Gasteiger partial charge in [-0.3, -0.25) is 0 Å². The van der Waals surface area contributed by atoms with Crippen molar-refractivity contribution in [2.45, 2.75) is 50.8 Å². The standard InChI is InChI=1S/C15H23ClN2O2S/c1-11-8-12(16)13(17)9-14(11)21(19,20)18-10-15(2)6-4-3-5-7-15/h8-9,18H,3-7,10,17H2,1-2H3. The van der Waals surface area contributed by atoms with E-state index in [2.05, 4.69) is 11.6 Å². The summed E-state index contributed by atoms with van der Waals surface area (Å²) in [6.07, 6.45) is 5.72. The molecule has 0 aliphatic heterocycles. The van der Waals surface area contributed by atoms with E-state index in [1.54, 1.807) is 13.0 Å². The second kappa shape index (κ2) is 6.15. The molecule has 1 aromatic rings. The molecule has 0 radical (unpaired) electrons. The Hall–Kier alpha value is -0.780. The zero-order valence-electron chi connectivity index (χ0n) is 12.6. The van der Waals surface area contributed by atoms with Crippen molar-refractivity contribution in [1.82, 2.24) is 4.72 Å². The van der Waals surface area contributed by atoms with Crippen LogP contribution in [0.2, 0.25) is 5.02 Å². The lowest BCUT2D eigenvalue weighted by molar-refractivity contribution is 0.219. The molecule has 0 aromatic heterocycles. The molecule has 4 nitrogen and oxygen atoms in total. The van der Waals surface area contributed by atoms with Crippen molar-refractivity contribution in [2.24, 2.45) is 5.41 Å². The molecule has 3 N–H and O–H groups in total. The van der Waals surface area contributed by atoms with Crippen molar-refractivity contribution in [2.75, 3.05) is 12.3 Å². The Bertz CT molecular complexity index is 623. The fourth-order valence-electron chi connectivity index (χ4n) is 2.89. The number of rotatable bonds is 4. The predicted molar refractivity (Wildman–Crippen MR) is 87.0 cm³/mol. The van der Waals surface area contributed by atoms with Crippen LogP contribution in [0.5, 0.6) is 0 Å². The average Bonchev–Trinajstić information content (AvgIpc) is 2.42. The van der Waals surface area contributed by atoms with Crippen LogP contribution >= 0.6 is 11.6 Å². The van der Waals surface area contributed by atoms with E-state index >= 15 is 0 Å². The fourth-order valence-corrected chi connectivity index (χ4v) is 4.56. The molecule has 0 heterocycles. The number of hydrogen-bond donors (Lipinski definition) is 2. The maximum atomic E-state index is 12.5. The summed E-state index contributed by atoms with van der Waals surface area (Å²) in [5.41, 5.74) is 6.67. The molecule has 0 saturated heterocycles. The first-order valence-corrected chi connectivity index (χ1v) is 9.15. The van der Waals surface area contributed by atoms with Gasteiger partial charge >= 0.3 is 0 Å². The summed E-state index contributed by atoms with van der Waals surface area (Å²) >= 11 is 5.92. The van der Waals surface area contributed by atoms with Crippen molar-refractivity contribution in [1.29, 1.82) is 0 Å². The minimum absolute atomic E-state index is 0.0528. The number of anilines is 1. The Kier molecular flexibility index (Phi) is 4.85. The van der Waals surface area contributed by atoms with Crippen LogP contribution in [0.3, 0.4) is 0 Å². The Balaban J connectivity index is 2.17. The van der Waals surface area contributed by atoms with E-state index in [9.17, 15) is 8.42 Å². The molecule has 0 amide bonds. The summed E-state index contributed by atoms with van der Waals surface area (Å²) in [5.74, 6) is 0. The third-order valence-electron chi connectivity index (χ3n) is 4.33. The van der Waals surface area contributed by atoms with E-state index in [4.69, 9.17) is 17.3 Å². The Morgan fingerprint density at radius 2 is 1.90 bits per heavy atom. The first kappa shape index (κ1) is 16.6. The largest absolute Gasteiger partial charge is 0.397 e. The SMILES string of the molecule is Cc1cc(Cl)c(N)cc1S(=O)(=O)NCC1(C)CCCCC1. The number of halogens is 1. The molecule has 118 valence electrons. The Morgan fingerprint density at radius 3 is 2.52 bits per heavy atom. The molecule has 2 rings (SSSR count). The molecular formula is C15H23ClN2O2S. The second-order valence-corrected chi connectivity index (χ2v) is 8.48. The lowest BCUT2D eigenvalue weighted by Gasteiger charge is -2.33. The summed E-state index contributed by atoms with van der Waals surface area (Å²) in [4.78, 5) is 0.212. The summed E-state index contributed by atoms with van der Waals surface area (Å²) in [5, 5.41) is 0.380. The van der Waals surface area contributed by atoms with Crippen molar-refractivity contribution >= 4 is 27.3 Å². The fraction of sp³-hybridized carbons (Fsp3) is 0.600. The first-order valence-electron chi connectivity index (χ1n) is 7.29. The third kappa shape index (κ3) is 3.90. The number of nitrogens with one attached hydrogen (secondary N) is 1. The van der Waals surface area contributed by atoms with Crippen LogP contribution in [0.1, 0.15) is 44.6 Å². The number of benzene rings is 1. The van der Waals surface area contributed by atoms with Crippen molar-refractivity contribution < 1.29 is 8.42 Å². The molecule has 0 bridgehead atoms. The molecule has 1 aromatic carbocycles. The van der Waals surface area contributed by atoms with Gasteiger partial charge in [0.05, 0.1) is 15.6 Å². The van der Waals surface area contributed by atoms with Gasteiger partial charge in [-0.05, 0) is 42.9 Å². The lowest BCUT2D eigenvalue weighted by Crippen LogP contribution is -2.37. The van der Waals surface area contributed by atoms with Crippen LogP contribution < -0.4 is 10.5 Å². The van der Waals surface area contributed by atoms with Gasteiger partial charge in [0, 0.05) is 6.54 Å². The monoisotopic (exact) mass is 330 g/mol. The minimum Gasteiger partial charge on any atom is -0.397 e. The topological polar surface area (TPSA) is 72.2 Å². The van der Waals surface area contributed by atoms with Gasteiger partial charge in [0.15, 0.2) is 0 Å². The molecule has 1 saturated carbocycles. The van der Waals surface area contributed by atoms with Gasteiger partial charge < -0.3 is 5.73 Å². The van der Waals surface area contributed by atoms with Gasteiger partial charge in [-0.1, -0.05) is 37.8 Å². The van der Waals surface area contributed by atoms with E-state index in [-0.39, 0.29) is 16.0 Å². The van der Waals surface area contributed by atoms with E-state index in [1.807, 2.05) is 0 Å². The molecule has 1 aliphatic rings. The van der Waals surface area contributed by atoms with Crippen LogP contribution in [0.4, 0.5) is 5.69 Å². The van der Waals surface area contributed by atoms with Gasteiger partial charge in [-0.2, -0.15) is 0 Å². The quantitative estimate of drug-likeness (QED) is 0.830. The average molecular weight is 331 g/mol. The zero-order chi connectivity index (χ0) is 15.7. The Labute approximate surface area is 132 Å². The van der Waals surface area contributed by atoms with Crippen molar-refractivity contribution in [3.05, 3.63) is 22.7 Å². The normalized spacial score (nSPS) is 18.6. The highest BCUT2D eigenvalue weighted by Gasteiger charge is 2.29. The predicted octanol–water partition coefficient (Wildman–Crippen LogP) is 3.48. The highest BCUT2D eigenvalue weighted by atomic mass is 35.5. The molecule has 1 aliphatic carbocycles. The maximum absolute atomic E-state index is 12.5. The number of sulfonamides is 1. The molecular weight excluding hydrogens is 308 g/mol. The highest BCUT2D eigenvalue weighted by Crippen LogP contribution is 2.35. The molecule has 6 heteroatoms. The highest BCUT2D eigenvalue weighted by molar-refractivity contribution is 7.89. The van der Waals surface area contributed by atoms with Gasteiger partial charge in [0.25, 0.3) is 0 Å². The number of aryl methyl sites for hydroxylation is 1. The summed E-state index contributed by atoms with van der Waals surface area (Å²) < 4.78 is 27.7. The maximum Gasteiger partial charge on any atom is 0.240 e. The van der Waals surface area contributed by atoms with E-state index in [0.29, 0.717) is 17.1 Å². The van der Waals surface area contributed by atoms with E-state index < -0.39 is 10.0 Å². The summed E-state index contributed by atoms with van der Waals surface area (Å²) in [7, 11) is -3.56. The number of hydrogen-bond acceptors (Lipinski definition) is 3. The number of nitrogens with two attached hydrogens (primary N) is 1. The Morgan fingerprint density at radius 1 is 1.29 bits per heavy atom. The van der Waals surface area contributed by atoms with E-state index in [0.717, 1.165) is 12.8 Å². The van der Waals surface area contributed by atoms with Crippen LogP contribution in [0.15, 0.2) is 17.0 Å². The summed E-state index contributed by atoms with van der Waals surface area (Å²) in [6.45, 7) is 4.34. The van der Waals surface area contributed by atoms with Crippen LogP contribution in [0, 0.1) is 12.3 Å². The zero-order valence-corrected chi connectivity index (χ0v) is 14.1. The van der Waals surface area contributed by atoms with Crippen molar-refractivity contribution in [3.63, 3.8) is 0 Å². The third-order valence-corrected chi connectivity index (χ3v) is 6.20. The van der Waals surface area contributed by atoms with Crippen molar-refractivity contribution in [3.8, 4) is 0 Å². The minimum atomic E-state index is -3.56. The smallest absolute Gasteiger partial charge is 0.240 e. The number of nitrogen functional groups attached to an aromatic ring is 1. The molecule has 1 fully saturated rings.